The molecule has 0 amide bonds. The van der Waals surface area contributed by atoms with Crippen LogP contribution in [-0.2, 0) is 4.74 Å². The topological polar surface area (TPSA) is 95.8 Å². The third-order valence-corrected chi connectivity index (χ3v) is 4.34. The minimum Gasteiger partial charge on any atom is -0.465 e. The number of pyridine rings is 1. The van der Waals surface area contributed by atoms with E-state index in [4.69, 9.17) is 10.00 Å². The second-order valence-corrected chi connectivity index (χ2v) is 5.76. The number of nitrogens with one attached hydrogen (secondary N) is 1. The number of nitrogens with zero attached hydrogens (tertiary/aromatic N) is 2. The van der Waals surface area contributed by atoms with Crippen LogP contribution in [0.5, 0.6) is 0 Å². The number of aryl methyl sites for hydroxylation is 1. The number of H-pyrrole nitrogens is 1. The van der Waals surface area contributed by atoms with Crippen LogP contribution in [0, 0.1) is 25.2 Å². The van der Waals surface area contributed by atoms with E-state index in [1.807, 2.05) is 6.07 Å². The lowest BCUT2D eigenvalue weighted by atomic mass is 10.1. The quantitative estimate of drug-likeness (QED) is 0.515. The largest absolute Gasteiger partial charge is 0.465 e. The van der Waals surface area contributed by atoms with E-state index in [1.54, 1.807) is 32.2 Å². The fraction of sp³-hybridized carbons (Fsp3) is 0.250. The van der Waals surface area contributed by atoms with E-state index in [2.05, 4.69) is 9.97 Å². The molecule has 7 heteroatoms. The van der Waals surface area contributed by atoms with Crippen LogP contribution in [0.4, 0.5) is 0 Å². The van der Waals surface area contributed by atoms with Crippen LogP contribution in [0.1, 0.15) is 37.7 Å². The number of aromatic nitrogens is 2. The molecule has 0 atom stereocenters. The fourth-order valence-corrected chi connectivity index (χ4v) is 3.05. The van der Waals surface area contributed by atoms with Gasteiger partial charge in [-0.1, -0.05) is 11.8 Å². The second-order valence-electron chi connectivity index (χ2n) is 4.80. The molecule has 0 saturated heterocycles. The lowest BCUT2D eigenvalue weighted by Crippen LogP contribution is -2.07. The molecule has 2 aromatic heterocycles. The summed E-state index contributed by atoms with van der Waals surface area (Å²) in [6, 6.07) is 5.37. The van der Waals surface area contributed by atoms with Crippen molar-refractivity contribution in [3.05, 3.63) is 46.4 Å². The Kier molecular flexibility index (Phi) is 5.19. The molecule has 0 aliphatic rings. The maximum absolute atomic E-state index is 12.4. The summed E-state index contributed by atoms with van der Waals surface area (Å²) in [5, 5.41) is 9.54. The van der Waals surface area contributed by atoms with Gasteiger partial charge < -0.3 is 9.72 Å². The Morgan fingerprint density at radius 2 is 2.17 bits per heavy atom. The van der Waals surface area contributed by atoms with Gasteiger partial charge in [-0.15, -0.1) is 0 Å². The van der Waals surface area contributed by atoms with Crippen molar-refractivity contribution >= 4 is 23.5 Å². The van der Waals surface area contributed by atoms with Crippen LogP contribution < -0.4 is 0 Å². The summed E-state index contributed by atoms with van der Waals surface area (Å²) in [5.41, 5.74) is 2.36. The number of carbonyl (C=O) groups is 2. The van der Waals surface area contributed by atoms with E-state index in [0.717, 1.165) is 0 Å². The van der Waals surface area contributed by atoms with Crippen LogP contribution in [0.3, 0.4) is 0 Å². The summed E-state index contributed by atoms with van der Waals surface area (Å²) in [5.74, 6) is -0.521. The average Bonchev–Trinajstić information content (AvgIpc) is 2.86. The van der Waals surface area contributed by atoms with Gasteiger partial charge in [0.2, 0.25) is 0 Å². The molecule has 0 saturated carbocycles. The van der Waals surface area contributed by atoms with Crippen LogP contribution in [0.15, 0.2) is 23.4 Å². The zero-order valence-electron chi connectivity index (χ0n) is 13.0. The van der Waals surface area contributed by atoms with E-state index >= 15 is 0 Å². The molecular weight excluding hydrogens is 314 g/mol. The van der Waals surface area contributed by atoms with E-state index < -0.39 is 5.97 Å². The van der Waals surface area contributed by atoms with Gasteiger partial charge in [0.1, 0.15) is 11.1 Å². The molecule has 23 heavy (non-hydrogen) atoms. The summed E-state index contributed by atoms with van der Waals surface area (Å²) in [4.78, 5) is 31.2. The zero-order valence-corrected chi connectivity index (χ0v) is 13.8. The lowest BCUT2D eigenvalue weighted by molar-refractivity contribution is 0.0599. The number of Topliss-reactive ketones (excluding diaryl/α,β-unsaturated/α-hetero) is 1. The first-order chi connectivity index (χ1) is 11.0. The highest BCUT2D eigenvalue weighted by atomic mass is 32.2. The Bertz CT molecular complexity index is 805. The molecule has 2 rings (SSSR count). The predicted molar refractivity (Wildman–Crippen MR) is 85.6 cm³/mol. The first-order valence-corrected chi connectivity index (χ1v) is 7.76. The number of carbonyl (C=O) groups excluding carboxylic acids is 2. The summed E-state index contributed by atoms with van der Waals surface area (Å²) >= 11 is 1.19. The number of hydrogen-bond donors (Lipinski definition) is 1. The number of ether oxygens (including phenoxy) is 1. The van der Waals surface area contributed by atoms with Gasteiger partial charge in [-0.2, -0.15) is 5.26 Å². The standard InChI is InChI=1S/C16H15N3O3S/c1-9-13(16(21)22-3)10(2)19-14(9)12(20)8-23-15-11(7-17)5-4-6-18-15/h4-6,19H,8H2,1-3H3. The number of rotatable bonds is 5. The Labute approximate surface area is 137 Å². The van der Waals surface area contributed by atoms with Crippen LogP contribution in [0.2, 0.25) is 0 Å². The zero-order chi connectivity index (χ0) is 17.0. The smallest absolute Gasteiger partial charge is 0.339 e. The molecule has 1 N–H and O–H groups in total. The molecule has 0 aliphatic carbocycles. The molecule has 0 spiro atoms. The van der Waals surface area contributed by atoms with E-state index in [1.165, 1.54) is 18.9 Å². The molecule has 6 nitrogen and oxygen atoms in total. The summed E-state index contributed by atoms with van der Waals surface area (Å²) in [7, 11) is 1.30. The van der Waals surface area contributed by atoms with Gasteiger partial charge in [0, 0.05) is 11.9 Å². The number of thioether (sulfide) groups is 1. The molecule has 2 heterocycles. The van der Waals surface area contributed by atoms with Gasteiger partial charge in [0.25, 0.3) is 0 Å². The number of hydrogen-bond acceptors (Lipinski definition) is 6. The lowest BCUT2D eigenvalue weighted by Gasteiger charge is -2.03. The monoisotopic (exact) mass is 329 g/mol. The average molecular weight is 329 g/mol. The van der Waals surface area contributed by atoms with Crippen molar-refractivity contribution in [1.82, 2.24) is 9.97 Å². The van der Waals surface area contributed by atoms with Gasteiger partial charge in [0.05, 0.1) is 29.7 Å². The Morgan fingerprint density at radius 3 is 2.83 bits per heavy atom. The Balaban J connectivity index is 2.19. The second kappa shape index (κ2) is 7.11. The van der Waals surface area contributed by atoms with E-state index in [-0.39, 0.29) is 11.5 Å². The Hall–Kier alpha value is -2.59. The van der Waals surface area contributed by atoms with Crippen molar-refractivity contribution < 1.29 is 14.3 Å². The summed E-state index contributed by atoms with van der Waals surface area (Å²) < 4.78 is 4.73. The van der Waals surface area contributed by atoms with Crippen LogP contribution >= 0.6 is 11.8 Å². The maximum atomic E-state index is 12.4. The van der Waals surface area contributed by atoms with Crippen molar-refractivity contribution in [1.29, 1.82) is 5.26 Å². The minimum absolute atomic E-state index is 0.118. The molecule has 0 unspecified atom stereocenters. The SMILES string of the molecule is COC(=O)c1c(C)[nH]c(C(=O)CSc2ncccc2C#N)c1C. The molecule has 0 bridgehead atoms. The molecule has 0 aliphatic heterocycles. The van der Waals surface area contributed by atoms with Crippen molar-refractivity contribution in [2.45, 2.75) is 18.9 Å². The number of esters is 1. The van der Waals surface area contributed by atoms with Crippen molar-refractivity contribution in [2.75, 3.05) is 12.9 Å². The van der Waals surface area contributed by atoms with Gasteiger partial charge in [-0.25, -0.2) is 9.78 Å². The third kappa shape index (κ3) is 3.43. The highest BCUT2D eigenvalue weighted by Crippen LogP contribution is 2.23. The summed E-state index contributed by atoms with van der Waals surface area (Å²) in [6.45, 7) is 3.42. The number of ketones is 1. The van der Waals surface area contributed by atoms with Crippen molar-refractivity contribution in [3.8, 4) is 6.07 Å². The number of methoxy groups -OCH3 is 1. The maximum Gasteiger partial charge on any atom is 0.339 e. The molecule has 0 radical (unpaired) electrons. The molecule has 118 valence electrons. The molecule has 0 fully saturated rings. The first-order valence-electron chi connectivity index (χ1n) is 6.78. The van der Waals surface area contributed by atoms with Gasteiger partial charge in [-0.3, -0.25) is 4.79 Å². The first kappa shape index (κ1) is 16.8. The van der Waals surface area contributed by atoms with Gasteiger partial charge >= 0.3 is 5.97 Å². The van der Waals surface area contributed by atoms with Crippen LogP contribution in [0.25, 0.3) is 0 Å². The van der Waals surface area contributed by atoms with E-state index in [9.17, 15) is 9.59 Å². The minimum atomic E-state index is -0.473. The Morgan fingerprint density at radius 1 is 1.43 bits per heavy atom. The molecule has 0 aromatic carbocycles. The molecule has 2 aromatic rings. The highest BCUT2D eigenvalue weighted by molar-refractivity contribution is 8.00. The number of nitriles is 1. The number of aromatic amines is 1. The van der Waals surface area contributed by atoms with Crippen LogP contribution in [-0.4, -0.2) is 34.6 Å². The fourth-order valence-electron chi connectivity index (χ4n) is 2.23. The summed E-state index contributed by atoms with van der Waals surface area (Å²) in [6.07, 6.45) is 1.58. The normalized spacial score (nSPS) is 10.2. The molecular formula is C16H15N3O3S. The predicted octanol–water partition coefficient (Wildman–Crippen LogP) is 2.66. The van der Waals surface area contributed by atoms with Gasteiger partial charge in [-0.05, 0) is 31.5 Å². The third-order valence-electron chi connectivity index (χ3n) is 3.34. The van der Waals surface area contributed by atoms with Gasteiger partial charge in [0.15, 0.2) is 5.78 Å². The van der Waals surface area contributed by atoms with E-state index in [0.29, 0.717) is 33.1 Å². The highest BCUT2D eigenvalue weighted by Gasteiger charge is 2.22. The van der Waals surface area contributed by atoms with Crippen molar-refractivity contribution in [2.24, 2.45) is 0 Å². The van der Waals surface area contributed by atoms with Crippen molar-refractivity contribution in [3.63, 3.8) is 0 Å².